The maximum absolute atomic E-state index is 13.5. The van der Waals surface area contributed by atoms with Crippen LogP contribution in [-0.2, 0) is 6.54 Å². The third-order valence-corrected chi connectivity index (χ3v) is 5.41. The van der Waals surface area contributed by atoms with E-state index in [0.717, 1.165) is 11.3 Å². The molecule has 2 aromatic heterocycles. The quantitative estimate of drug-likeness (QED) is 0.641. The third kappa shape index (κ3) is 3.77. The molecule has 30 heavy (non-hydrogen) atoms. The molecule has 1 aliphatic carbocycles. The Bertz CT molecular complexity index is 1090. The Labute approximate surface area is 176 Å². The highest BCUT2D eigenvalue weighted by Crippen LogP contribution is 2.37. The molecular formula is C20H20ClF2N5O2. The Morgan fingerprint density at radius 1 is 1.40 bits per heavy atom. The van der Waals surface area contributed by atoms with Crippen LogP contribution >= 0.6 is 11.6 Å². The molecule has 1 aromatic carbocycles. The molecule has 0 aliphatic heterocycles. The molecule has 1 unspecified atom stereocenters. The molecule has 1 N–H and O–H groups in total. The largest absolute Gasteiger partial charge is 0.497 e. The van der Waals surface area contributed by atoms with Crippen molar-refractivity contribution in [2.45, 2.75) is 31.4 Å². The molecule has 0 bridgehead atoms. The average Bonchev–Trinajstić information content (AvgIpc) is 3.14. The predicted octanol–water partition coefficient (Wildman–Crippen LogP) is 3.56. The number of ether oxygens (including phenoxy) is 1. The first-order valence-corrected chi connectivity index (χ1v) is 9.73. The number of imidazole rings is 1. The minimum absolute atomic E-state index is 0.0503. The van der Waals surface area contributed by atoms with Gasteiger partial charge in [-0.2, -0.15) is 5.10 Å². The van der Waals surface area contributed by atoms with Gasteiger partial charge in [0.15, 0.2) is 16.5 Å². The van der Waals surface area contributed by atoms with Gasteiger partial charge in [0.1, 0.15) is 5.75 Å². The van der Waals surface area contributed by atoms with Crippen LogP contribution in [0.3, 0.4) is 0 Å². The molecule has 1 fully saturated rings. The van der Waals surface area contributed by atoms with Gasteiger partial charge in [-0.05, 0) is 24.1 Å². The second-order valence-corrected chi connectivity index (χ2v) is 7.65. The van der Waals surface area contributed by atoms with Gasteiger partial charge < -0.3 is 15.0 Å². The topological polar surface area (TPSA) is 71.8 Å². The molecule has 4 rings (SSSR count). The van der Waals surface area contributed by atoms with E-state index in [4.69, 9.17) is 16.3 Å². The van der Waals surface area contributed by atoms with Crippen LogP contribution in [0.2, 0.25) is 5.15 Å². The van der Waals surface area contributed by atoms with Crippen LogP contribution in [0.25, 0.3) is 5.65 Å². The molecule has 0 spiro atoms. The van der Waals surface area contributed by atoms with Gasteiger partial charge in [-0.3, -0.25) is 4.79 Å². The molecule has 1 saturated carbocycles. The number of benzene rings is 1. The van der Waals surface area contributed by atoms with E-state index in [9.17, 15) is 13.6 Å². The van der Waals surface area contributed by atoms with E-state index in [1.54, 1.807) is 13.2 Å². The van der Waals surface area contributed by atoms with Crippen molar-refractivity contribution in [2.24, 2.45) is 0 Å². The van der Waals surface area contributed by atoms with Crippen molar-refractivity contribution in [1.29, 1.82) is 0 Å². The van der Waals surface area contributed by atoms with Crippen molar-refractivity contribution in [3.05, 3.63) is 52.9 Å². The van der Waals surface area contributed by atoms with Gasteiger partial charge in [-0.1, -0.05) is 23.7 Å². The second-order valence-electron chi connectivity index (χ2n) is 7.26. The molecule has 1 atom stereocenters. The van der Waals surface area contributed by atoms with Crippen LogP contribution in [0.5, 0.6) is 5.75 Å². The lowest BCUT2D eigenvalue weighted by Crippen LogP contribution is -2.55. The number of alkyl halides is 2. The maximum atomic E-state index is 13.5. The Morgan fingerprint density at radius 2 is 2.13 bits per heavy atom. The molecular weight excluding hydrogens is 416 g/mol. The van der Waals surface area contributed by atoms with Crippen molar-refractivity contribution in [3.8, 4) is 5.75 Å². The Kier molecular flexibility index (Phi) is 5.23. The van der Waals surface area contributed by atoms with Gasteiger partial charge in [0, 0.05) is 26.1 Å². The minimum Gasteiger partial charge on any atom is -0.497 e. The summed E-state index contributed by atoms with van der Waals surface area (Å²) in [6, 6.07) is 8.09. The van der Waals surface area contributed by atoms with Gasteiger partial charge in [0.25, 0.3) is 11.8 Å². The van der Waals surface area contributed by atoms with Crippen molar-refractivity contribution < 1.29 is 18.3 Å². The smallest absolute Gasteiger partial charge is 0.272 e. The number of hydrogen-bond acceptors (Lipinski definition) is 5. The number of hydrogen-bond donors (Lipinski definition) is 1. The van der Waals surface area contributed by atoms with E-state index in [-0.39, 0.29) is 23.7 Å². The highest BCUT2D eigenvalue weighted by atomic mass is 35.5. The number of nitrogens with zero attached hydrogens (tertiary/aromatic N) is 4. The van der Waals surface area contributed by atoms with Gasteiger partial charge in [-0.15, -0.1) is 0 Å². The van der Waals surface area contributed by atoms with Gasteiger partial charge >= 0.3 is 0 Å². The number of fused-ring (bicyclic) bond motifs is 1. The van der Waals surface area contributed by atoms with Crippen LogP contribution in [0.4, 0.5) is 14.5 Å². The lowest BCUT2D eigenvalue weighted by atomic mass is 9.88. The first-order valence-electron chi connectivity index (χ1n) is 9.35. The van der Waals surface area contributed by atoms with E-state index < -0.39 is 17.9 Å². The molecule has 3 aromatic rings. The van der Waals surface area contributed by atoms with E-state index in [1.165, 1.54) is 10.7 Å². The van der Waals surface area contributed by atoms with Crippen molar-refractivity contribution in [3.63, 3.8) is 0 Å². The summed E-state index contributed by atoms with van der Waals surface area (Å²) in [6.07, 6.45) is 1.32. The van der Waals surface area contributed by atoms with E-state index >= 15 is 0 Å². The zero-order valence-electron chi connectivity index (χ0n) is 16.4. The monoisotopic (exact) mass is 435 g/mol. The fraction of sp³-hybridized carbons (Fsp3) is 0.350. The third-order valence-electron chi connectivity index (χ3n) is 5.22. The summed E-state index contributed by atoms with van der Waals surface area (Å²) in [6.45, 7) is 0.544. The number of aromatic nitrogens is 3. The van der Waals surface area contributed by atoms with Crippen LogP contribution in [0.15, 0.2) is 36.5 Å². The number of carbonyl (C=O) groups excluding carboxylic acids is 1. The zero-order chi connectivity index (χ0) is 21.5. The van der Waals surface area contributed by atoms with E-state index in [0.29, 0.717) is 17.9 Å². The van der Waals surface area contributed by atoms with Crippen LogP contribution in [-0.4, -0.2) is 46.6 Å². The van der Waals surface area contributed by atoms with E-state index in [2.05, 4.69) is 15.4 Å². The average molecular weight is 436 g/mol. The lowest BCUT2D eigenvalue weighted by molar-refractivity contribution is -0.102. The maximum Gasteiger partial charge on any atom is 0.272 e. The summed E-state index contributed by atoms with van der Waals surface area (Å²) in [5.41, 5.74) is 2.13. The van der Waals surface area contributed by atoms with Crippen molar-refractivity contribution in [2.75, 3.05) is 19.1 Å². The molecule has 1 aliphatic rings. The standard InChI is InChI=1S/C20H20ClF2N5O2/c1-27(11-12-3-5-13(30-2)6-4-12)14-9-17(21)26-28-15(10-24-18(14)28)19(29)25-16-7-8-20(16,22)23/h3-6,9-10,16H,7-8,11H2,1-2H3,(H,25,29). The highest BCUT2D eigenvalue weighted by Gasteiger charge is 2.49. The van der Waals surface area contributed by atoms with Crippen LogP contribution in [0, 0.1) is 0 Å². The summed E-state index contributed by atoms with van der Waals surface area (Å²) in [5.74, 6) is -2.78. The number of anilines is 1. The number of carbonyl (C=O) groups is 1. The van der Waals surface area contributed by atoms with Crippen molar-refractivity contribution >= 4 is 28.8 Å². The van der Waals surface area contributed by atoms with Crippen LogP contribution in [0.1, 0.15) is 28.9 Å². The molecule has 7 nitrogen and oxygen atoms in total. The number of rotatable bonds is 6. The Hall–Kier alpha value is -2.94. The summed E-state index contributed by atoms with van der Waals surface area (Å²) in [4.78, 5) is 18.7. The summed E-state index contributed by atoms with van der Waals surface area (Å²) in [7, 11) is 3.47. The fourth-order valence-corrected chi connectivity index (χ4v) is 3.54. The lowest BCUT2D eigenvalue weighted by Gasteiger charge is -2.36. The molecule has 10 heteroatoms. The molecule has 0 radical (unpaired) electrons. The number of amides is 1. The van der Waals surface area contributed by atoms with Gasteiger partial charge in [-0.25, -0.2) is 18.3 Å². The molecule has 1 amide bonds. The first-order chi connectivity index (χ1) is 14.3. The summed E-state index contributed by atoms with van der Waals surface area (Å²) >= 11 is 6.18. The van der Waals surface area contributed by atoms with Crippen molar-refractivity contribution in [1.82, 2.24) is 19.9 Å². The highest BCUT2D eigenvalue weighted by molar-refractivity contribution is 6.29. The molecule has 158 valence electrons. The molecule has 0 saturated heterocycles. The second kappa shape index (κ2) is 7.71. The Balaban J connectivity index is 1.60. The minimum atomic E-state index is -2.88. The van der Waals surface area contributed by atoms with Crippen LogP contribution < -0.4 is 15.0 Å². The van der Waals surface area contributed by atoms with Gasteiger partial charge in [0.05, 0.1) is 25.0 Å². The predicted molar refractivity (Wildman–Crippen MR) is 109 cm³/mol. The number of methoxy groups -OCH3 is 1. The first kappa shape index (κ1) is 20.3. The number of nitrogens with one attached hydrogen (secondary N) is 1. The summed E-state index contributed by atoms with van der Waals surface area (Å²) < 4.78 is 33.5. The normalized spacial score (nSPS) is 17.4. The van der Waals surface area contributed by atoms with E-state index in [1.807, 2.05) is 36.2 Å². The number of halogens is 3. The Morgan fingerprint density at radius 3 is 2.73 bits per heavy atom. The molecule has 2 heterocycles. The summed E-state index contributed by atoms with van der Waals surface area (Å²) in [5, 5.41) is 6.66. The SMILES string of the molecule is COc1ccc(CN(C)c2cc(Cl)nn3c(C(=O)NC4CCC4(F)F)cnc23)cc1. The van der Waals surface area contributed by atoms with Gasteiger partial charge in [0.2, 0.25) is 0 Å². The fourth-order valence-electron chi connectivity index (χ4n) is 3.37. The zero-order valence-corrected chi connectivity index (χ0v) is 17.2.